The molecule has 28 heavy (non-hydrogen) atoms. The molecule has 0 spiro atoms. The van der Waals surface area contributed by atoms with E-state index in [1.165, 1.54) is 0 Å². The zero-order chi connectivity index (χ0) is 19.3. The summed E-state index contributed by atoms with van der Waals surface area (Å²) in [6.07, 6.45) is 6.56. The highest BCUT2D eigenvalue weighted by Gasteiger charge is 2.41. The Balaban J connectivity index is 1.71. The van der Waals surface area contributed by atoms with Crippen molar-refractivity contribution in [2.75, 3.05) is 11.4 Å². The topological polar surface area (TPSA) is 37.4 Å². The molecule has 1 aliphatic heterocycles. The number of carbonyl (C=O) groups excluding carboxylic acids is 2. The molecule has 0 radical (unpaired) electrons. The van der Waals surface area contributed by atoms with Crippen LogP contribution in [0.2, 0.25) is 0 Å². The number of nitrogens with zero attached hydrogens (tertiary/aromatic N) is 1. The van der Waals surface area contributed by atoms with E-state index in [9.17, 15) is 9.59 Å². The minimum Gasteiger partial charge on any atom is -0.312 e. The molecule has 2 aromatic carbocycles. The Morgan fingerprint density at radius 3 is 2.11 bits per heavy atom. The van der Waals surface area contributed by atoms with Crippen LogP contribution in [-0.4, -0.2) is 18.2 Å². The summed E-state index contributed by atoms with van der Waals surface area (Å²) in [4.78, 5) is 28.6. The van der Waals surface area contributed by atoms with Gasteiger partial charge in [0.05, 0.1) is 0 Å². The highest BCUT2D eigenvalue weighted by Crippen LogP contribution is 2.43. The van der Waals surface area contributed by atoms with Gasteiger partial charge >= 0.3 is 0 Å². The molecule has 3 nitrogen and oxygen atoms in total. The number of carbonyl (C=O) groups is 2. The van der Waals surface area contributed by atoms with E-state index in [0.717, 1.165) is 56.3 Å². The molecule has 3 heteroatoms. The normalized spacial score (nSPS) is 24.6. The maximum atomic E-state index is 13.7. The number of hydrogen-bond acceptors (Lipinski definition) is 2. The molecule has 2 aromatic rings. The van der Waals surface area contributed by atoms with Crippen LogP contribution in [0.1, 0.15) is 56.4 Å². The lowest BCUT2D eigenvalue weighted by Crippen LogP contribution is -2.41. The molecule has 1 saturated heterocycles. The highest BCUT2D eigenvalue weighted by molar-refractivity contribution is 5.96. The van der Waals surface area contributed by atoms with Gasteiger partial charge in [0.2, 0.25) is 5.91 Å². The van der Waals surface area contributed by atoms with E-state index in [0.29, 0.717) is 12.2 Å². The van der Waals surface area contributed by atoms with Gasteiger partial charge in [0.15, 0.2) is 0 Å². The van der Waals surface area contributed by atoms with Gasteiger partial charge in [0, 0.05) is 36.4 Å². The summed E-state index contributed by atoms with van der Waals surface area (Å²) >= 11 is 0. The van der Waals surface area contributed by atoms with E-state index in [4.69, 9.17) is 0 Å². The van der Waals surface area contributed by atoms with Crippen molar-refractivity contribution >= 4 is 17.4 Å². The van der Waals surface area contributed by atoms with Crippen molar-refractivity contribution in [3.63, 3.8) is 0 Å². The number of Topliss-reactive ketones (excluding diaryl/α,β-unsaturated/α-hetero) is 1. The molecule has 4 rings (SSSR count). The predicted octanol–water partition coefficient (Wildman–Crippen LogP) is 5.36. The van der Waals surface area contributed by atoms with Gasteiger partial charge in [0.1, 0.15) is 5.78 Å². The Morgan fingerprint density at radius 2 is 1.39 bits per heavy atom. The zero-order valence-corrected chi connectivity index (χ0v) is 16.4. The molecule has 2 aliphatic rings. The van der Waals surface area contributed by atoms with Crippen LogP contribution in [0.25, 0.3) is 0 Å². The molecule has 2 fully saturated rings. The van der Waals surface area contributed by atoms with Gasteiger partial charge in [-0.05, 0) is 43.4 Å². The van der Waals surface area contributed by atoms with E-state index in [-0.39, 0.29) is 23.7 Å². The summed E-state index contributed by atoms with van der Waals surface area (Å²) in [5.41, 5.74) is 2.12. The summed E-state index contributed by atoms with van der Waals surface area (Å²) in [6, 6.07) is 20.3. The molecular weight excluding hydrogens is 346 g/mol. The van der Waals surface area contributed by atoms with Crippen molar-refractivity contribution in [3.05, 3.63) is 66.2 Å². The van der Waals surface area contributed by atoms with E-state index in [2.05, 4.69) is 12.1 Å². The van der Waals surface area contributed by atoms with Crippen LogP contribution >= 0.6 is 0 Å². The molecule has 0 aromatic heterocycles. The number of ketones is 1. The average molecular weight is 376 g/mol. The molecule has 1 aliphatic carbocycles. The molecular formula is C25H29NO2. The Bertz CT molecular complexity index is 802. The number of anilines is 1. The standard InChI is InChI=1S/C25H29NO2/c27-23-17-8-7-15-21(23)24(19-11-3-1-4-12-19)22-16-9-10-18-26(25(22)28)20-13-5-2-6-14-20/h1-6,11-14,21-22,24H,7-10,15-18H2/t21-,22-,24-/m0/s1. The second-order valence-electron chi connectivity index (χ2n) is 8.18. The molecule has 1 saturated carbocycles. The number of rotatable bonds is 4. The molecule has 1 heterocycles. The van der Waals surface area contributed by atoms with Crippen LogP contribution in [0.15, 0.2) is 60.7 Å². The SMILES string of the molecule is O=C1CCCC[C@@H]1[C@H](c1ccccc1)[C@@H]1CCCCN(c2ccccc2)C1=O. The van der Waals surface area contributed by atoms with E-state index in [1.54, 1.807) is 0 Å². The van der Waals surface area contributed by atoms with E-state index in [1.807, 2.05) is 53.4 Å². The molecule has 0 unspecified atom stereocenters. The lowest BCUT2D eigenvalue weighted by Gasteiger charge is -2.36. The average Bonchev–Trinajstić information content (AvgIpc) is 2.93. The van der Waals surface area contributed by atoms with Crippen molar-refractivity contribution in [3.8, 4) is 0 Å². The number of benzene rings is 2. The lowest BCUT2D eigenvalue weighted by molar-refractivity contribution is -0.128. The zero-order valence-electron chi connectivity index (χ0n) is 16.4. The monoisotopic (exact) mass is 375 g/mol. The maximum absolute atomic E-state index is 13.7. The first-order valence-corrected chi connectivity index (χ1v) is 10.7. The highest BCUT2D eigenvalue weighted by atomic mass is 16.2. The molecule has 146 valence electrons. The van der Waals surface area contributed by atoms with Gasteiger partial charge in [-0.15, -0.1) is 0 Å². The predicted molar refractivity (Wildman–Crippen MR) is 112 cm³/mol. The van der Waals surface area contributed by atoms with Crippen LogP contribution < -0.4 is 4.90 Å². The summed E-state index contributed by atoms with van der Waals surface area (Å²) in [7, 11) is 0. The fourth-order valence-corrected chi connectivity index (χ4v) is 5.08. The molecule has 1 amide bonds. The van der Waals surface area contributed by atoms with Crippen molar-refractivity contribution in [1.29, 1.82) is 0 Å². The third-order valence-corrected chi connectivity index (χ3v) is 6.45. The van der Waals surface area contributed by atoms with E-state index >= 15 is 0 Å². The molecule has 3 atom stereocenters. The first-order valence-electron chi connectivity index (χ1n) is 10.7. The van der Waals surface area contributed by atoms with Crippen LogP contribution in [-0.2, 0) is 9.59 Å². The fraction of sp³-hybridized carbons (Fsp3) is 0.440. The maximum Gasteiger partial charge on any atom is 0.230 e. The van der Waals surface area contributed by atoms with Gasteiger partial charge in [-0.1, -0.05) is 61.4 Å². The quantitative estimate of drug-likeness (QED) is 0.721. The first kappa shape index (κ1) is 18.9. The summed E-state index contributed by atoms with van der Waals surface area (Å²) in [6.45, 7) is 0.763. The molecule has 0 bridgehead atoms. The minimum atomic E-state index is -0.128. The largest absolute Gasteiger partial charge is 0.312 e. The van der Waals surface area contributed by atoms with Crippen LogP contribution in [0.5, 0.6) is 0 Å². The second kappa shape index (κ2) is 8.72. The summed E-state index contributed by atoms with van der Waals surface area (Å²) in [5.74, 6) is 0.378. The van der Waals surface area contributed by atoms with Gasteiger partial charge in [-0.2, -0.15) is 0 Å². The second-order valence-corrected chi connectivity index (χ2v) is 8.18. The lowest BCUT2D eigenvalue weighted by atomic mass is 9.69. The number of amides is 1. The molecule has 0 N–H and O–H groups in total. The minimum absolute atomic E-state index is 0.00851. The smallest absolute Gasteiger partial charge is 0.230 e. The van der Waals surface area contributed by atoms with Gasteiger partial charge < -0.3 is 4.90 Å². The Kier molecular flexibility index (Phi) is 5.90. The van der Waals surface area contributed by atoms with Crippen LogP contribution in [0, 0.1) is 11.8 Å². The van der Waals surface area contributed by atoms with Crippen molar-refractivity contribution < 1.29 is 9.59 Å². The van der Waals surface area contributed by atoms with E-state index < -0.39 is 0 Å². The first-order chi connectivity index (χ1) is 13.8. The third kappa shape index (κ3) is 3.89. The van der Waals surface area contributed by atoms with Gasteiger partial charge in [-0.3, -0.25) is 9.59 Å². The summed E-state index contributed by atoms with van der Waals surface area (Å²) in [5, 5.41) is 0. The Labute approximate surface area is 167 Å². The fourth-order valence-electron chi connectivity index (χ4n) is 5.08. The van der Waals surface area contributed by atoms with Crippen LogP contribution in [0.4, 0.5) is 5.69 Å². The van der Waals surface area contributed by atoms with Crippen molar-refractivity contribution in [1.82, 2.24) is 0 Å². The Hall–Kier alpha value is -2.42. The van der Waals surface area contributed by atoms with Gasteiger partial charge in [-0.25, -0.2) is 0 Å². The third-order valence-electron chi connectivity index (χ3n) is 6.45. The number of hydrogen-bond donors (Lipinski definition) is 0. The Morgan fingerprint density at radius 1 is 0.750 bits per heavy atom. The van der Waals surface area contributed by atoms with Crippen LogP contribution in [0.3, 0.4) is 0 Å². The van der Waals surface area contributed by atoms with Crippen molar-refractivity contribution in [2.24, 2.45) is 11.8 Å². The van der Waals surface area contributed by atoms with Gasteiger partial charge in [0.25, 0.3) is 0 Å². The summed E-state index contributed by atoms with van der Waals surface area (Å²) < 4.78 is 0. The number of para-hydroxylation sites is 1. The van der Waals surface area contributed by atoms with Crippen molar-refractivity contribution in [2.45, 2.75) is 50.9 Å².